The zero-order valence-electron chi connectivity index (χ0n) is 15.2. The molecule has 0 fully saturated rings. The number of aromatic carboxylic acids is 1. The lowest BCUT2D eigenvalue weighted by Crippen LogP contribution is -2.35. The number of carbonyl (C=O) groups is 2. The summed E-state index contributed by atoms with van der Waals surface area (Å²) in [6.07, 6.45) is 0.705. The molecule has 0 aliphatic heterocycles. The summed E-state index contributed by atoms with van der Waals surface area (Å²) in [5.74, 6) is -0.564. The van der Waals surface area contributed by atoms with Gasteiger partial charge in [-0.25, -0.2) is 19.5 Å². The van der Waals surface area contributed by atoms with Crippen molar-refractivity contribution in [2.45, 2.75) is 33.3 Å². The van der Waals surface area contributed by atoms with Crippen molar-refractivity contribution in [2.75, 3.05) is 11.5 Å². The first-order valence-electron chi connectivity index (χ1n) is 8.17. The molecule has 0 radical (unpaired) electrons. The fourth-order valence-corrected chi connectivity index (χ4v) is 2.22. The van der Waals surface area contributed by atoms with Crippen LogP contribution in [0.3, 0.4) is 0 Å². The molecular weight excluding hydrogens is 336 g/mol. The summed E-state index contributed by atoms with van der Waals surface area (Å²) < 4.78 is 10.8. The van der Waals surface area contributed by atoms with Crippen LogP contribution in [0.4, 0.5) is 16.3 Å². The summed E-state index contributed by atoms with van der Waals surface area (Å²) in [5, 5.41) is 9.45. The second-order valence-electron chi connectivity index (χ2n) is 6.42. The fraction of sp³-hybridized carbons (Fsp3) is 0.316. The number of carboxylic acids is 1. The Hall–Kier alpha value is -3.09. The van der Waals surface area contributed by atoms with Gasteiger partial charge in [-0.15, -0.1) is 0 Å². The van der Waals surface area contributed by atoms with Crippen LogP contribution in [0.2, 0.25) is 0 Å². The van der Waals surface area contributed by atoms with Gasteiger partial charge in [-0.2, -0.15) is 0 Å². The van der Waals surface area contributed by atoms with E-state index in [9.17, 15) is 14.7 Å². The number of amides is 1. The van der Waals surface area contributed by atoms with Crippen LogP contribution in [-0.4, -0.2) is 34.4 Å². The molecule has 2 rings (SSSR count). The predicted molar refractivity (Wildman–Crippen MR) is 97.2 cm³/mol. The van der Waals surface area contributed by atoms with E-state index in [0.29, 0.717) is 18.0 Å². The van der Waals surface area contributed by atoms with Crippen molar-refractivity contribution in [3.8, 4) is 5.75 Å². The van der Waals surface area contributed by atoms with Crippen LogP contribution >= 0.6 is 0 Å². The maximum absolute atomic E-state index is 12.8. The van der Waals surface area contributed by atoms with Crippen LogP contribution in [0.5, 0.6) is 5.75 Å². The van der Waals surface area contributed by atoms with Crippen molar-refractivity contribution in [1.29, 1.82) is 0 Å². The van der Waals surface area contributed by atoms with Crippen molar-refractivity contribution in [3.63, 3.8) is 0 Å². The highest BCUT2D eigenvalue weighted by Crippen LogP contribution is 2.30. The molecule has 0 saturated carbocycles. The zero-order valence-corrected chi connectivity index (χ0v) is 15.2. The standard InChI is InChI=1S/C19H22N2O5/c1-5-25-14-10-8-13(9-11-14)21(18(24)26-19(2,3)4)16-15(17(22)23)7-6-12-20-16/h6-12H,5H2,1-4H3,(H,22,23). The number of benzene rings is 1. The van der Waals surface area contributed by atoms with Gasteiger partial charge in [0.25, 0.3) is 0 Å². The van der Waals surface area contributed by atoms with E-state index in [1.54, 1.807) is 45.0 Å². The Balaban J connectivity index is 2.53. The van der Waals surface area contributed by atoms with Crippen LogP contribution in [0.1, 0.15) is 38.1 Å². The van der Waals surface area contributed by atoms with Gasteiger partial charge in [-0.05, 0) is 64.1 Å². The van der Waals surface area contributed by atoms with Crippen LogP contribution < -0.4 is 9.64 Å². The second kappa shape index (κ2) is 7.86. The summed E-state index contributed by atoms with van der Waals surface area (Å²) >= 11 is 0. The molecule has 26 heavy (non-hydrogen) atoms. The first-order valence-corrected chi connectivity index (χ1v) is 8.17. The predicted octanol–water partition coefficient (Wildman–Crippen LogP) is 4.25. The van der Waals surface area contributed by atoms with Crippen LogP contribution in [0, 0.1) is 0 Å². The molecule has 0 aliphatic carbocycles. The fourth-order valence-electron chi connectivity index (χ4n) is 2.22. The van der Waals surface area contributed by atoms with E-state index < -0.39 is 17.7 Å². The maximum Gasteiger partial charge on any atom is 0.420 e. The van der Waals surface area contributed by atoms with Crippen molar-refractivity contribution in [1.82, 2.24) is 4.98 Å². The lowest BCUT2D eigenvalue weighted by atomic mass is 10.2. The number of rotatable bonds is 5. The number of ether oxygens (including phenoxy) is 2. The highest BCUT2D eigenvalue weighted by atomic mass is 16.6. The van der Waals surface area contributed by atoms with E-state index in [-0.39, 0.29) is 11.4 Å². The van der Waals surface area contributed by atoms with Gasteiger partial charge in [0.2, 0.25) is 0 Å². The van der Waals surface area contributed by atoms with Gasteiger partial charge in [0.05, 0.1) is 12.3 Å². The van der Waals surface area contributed by atoms with Gasteiger partial charge in [-0.1, -0.05) is 0 Å². The van der Waals surface area contributed by atoms with E-state index in [0.717, 1.165) is 4.90 Å². The summed E-state index contributed by atoms with van der Waals surface area (Å²) in [7, 11) is 0. The molecule has 1 amide bonds. The van der Waals surface area contributed by atoms with Crippen molar-refractivity contribution in [3.05, 3.63) is 48.2 Å². The Morgan fingerprint density at radius 3 is 2.35 bits per heavy atom. The van der Waals surface area contributed by atoms with Gasteiger partial charge < -0.3 is 14.6 Å². The van der Waals surface area contributed by atoms with E-state index in [1.165, 1.54) is 18.3 Å². The molecule has 0 bridgehead atoms. The zero-order chi connectivity index (χ0) is 19.3. The van der Waals surface area contributed by atoms with E-state index in [1.807, 2.05) is 6.92 Å². The maximum atomic E-state index is 12.8. The molecule has 1 N–H and O–H groups in total. The smallest absolute Gasteiger partial charge is 0.420 e. The lowest BCUT2D eigenvalue weighted by molar-refractivity contribution is 0.0598. The Kier molecular flexibility index (Phi) is 5.82. The average Bonchev–Trinajstić information content (AvgIpc) is 2.55. The molecule has 138 valence electrons. The molecule has 1 aromatic carbocycles. The largest absolute Gasteiger partial charge is 0.494 e. The minimum Gasteiger partial charge on any atom is -0.494 e. The molecule has 1 heterocycles. The molecule has 0 spiro atoms. The van der Waals surface area contributed by atoms with Gasteiger partial charge in [0.1, 0.15) is 16.9 Å². The van der Waals surface area contributed by atoms with Gasteiger partial charge in [-0.3, -0.25) is 0 Å². The number of nitrogens with zero attached hydrogens (tertiary/aromatic N) is 2. The topological polar surface area (TPSA) is 89.0 Å². The van der Waals surface area contributed by atoms with Crippen molar-refractivity contribution < 1.29 is 24.2 Å². The Morgan fingerprint density at radius 1 is 1.15 bits per heavy atom. The van der Waals surface area contributed by atoms with Crippen LogP contribution in [0.15, 0.2) is 42.6 Å². The van der Waals surface area contributed by atoms with Crippen LogP contribution in [-0.2, 0) is 4.74 Å². The summed E-state index contributed by atoms with van der Waals surface area (Å²) in [6.45, 7) is 7.58. The first-order chi connectivity index (χ1) is 12.2. The number of hydrogen-bond acceptors (Lipinski definition) is 5. The average molecular weight is 358 g/mol. The second-order valence-corrected chi connectivity index (χ2v) is 6.42. The van der Waals surface area contributed by atoms with E-state index in [2.05, 4.69) is 4.98 Å². The number of carbonyl (C=O) groups excluding carboxylic acids is 1. The third-order valence-electron chi connectivity index (χ3n) is 3.21. The molecule has 7 heteroatoms. The van der Waals surface area contributed by atoms with Gasteiger partial charge >= 0.3 is 12.1 Å². The summed E-state index contributed by atoms with van der Waals surface area (Å²) in [6, 6.07) is 9.57. The molecule has 0 atom stereocenters. The first kappa shape index (κ1) is 19.2. The summed E-state index contributed by atoms with van der Waals surface area (Å²) in [5.41, 5.74) is -0.435. The minimum absolute atomic E-state index is 0.0154. The van der Waals surface area contributed by atoms with Gasteiger partial charge in [0.15, 0.2) is 5.82 Å². The van der Waals surface area contributed by atoms with Crippen molar-refractivity contribution >= 4 is 23.6 Å². The Labute approximate surface area is 152 Å². The molecule has 7 nitrogen and oxygen atoms in total. The molecule has 2 aromatic rings. The quantitative estimate of drug-likeness (QED) is 0.859. The third kappa shape index (κ3) is 4.72. The third-order valence-corrected chi connectivity index (χ3v) is 3.21. The number of carboxylic acid groups (broad SMARTS) is 1. The monoisotopic (exact) mass is 358 g/mol. The lowest BCUT2D eigenvalue weighted by Gasteiger charge is -2.27. The minimum atomic E-state index is -1.19. The number of aromatic nitrogens is 1. The van der Waals surface area contributed by atoms with Crippen molar-refractivity contribution in [2.24, 2.45) is 0 Å². The van der Waals surface area contributed by atoms with E-state index >= 15 is 0 Å². The Bertz CT molecular complexity index is 781. The van der Waals surface area contributed by atoms with Crippen LogP contribution in [0.25, 0.3) is 0 Å². The number of anilines is 2. The highest BCUT2D eigenvalue weighted by Gasteiger charge is 2.29. The number of pyridine rings is 1. The van der Waals surface area contributed by atoms with Gasteiger partial charge in [0, 0.05) is 6.20 Å². The Morgan fingerprint density at radius 2 is 1.81 bits per heavy atom. The SMILES string of the molecule is CCOc1ccc(N(C(=O)OC(C)(C)C)c2ncccc2C(=O)O)cc1. The summed E-state index contributed by atoms with van der Waals surface area (Å²) in [4.78, 5) is 29.6. The molecule has 0 unspecified atom stereocenters. The molecule has 0 saturated heterocycles. The molecule has 1 aromatic heterocycles. The number of hydrogen-bond donors (Lipinski definition) is 1. The normalized spacial score (nSPS) is 10.9. The highest BCUT2D eigenvalue weighted by molar-refractivity contribution is 6.02. The molecule has 0 aliphatic rings. The van der Waals surface area contributed by atoms with E-state index in [4.69, 9.17) is 9.47 Å². The molecular formula is C19H22N2O5.